The van der Waals surface area contributed by atoms with Gasteiger partial charge in [-0.2, -0.15) is 5.10 Å². The van der Waals surface area contributed by atoms with E-state index in [-0.39, 0.29) is 24.2 Å². The molecule has 0 bridgehead atoms. The van der Waals surface area contributed by atoms with Gasteiger partial charge >= 0.3 is 0 Å². The lowest BCUT2D eigenvalue weighted by atomic mass is 10.1. The van der Waals surface area contributed by atoms with Crippen LogP contribution in [0, 0.1) is 5.92 Å². The third kappa shape index (κ3) is 3.84. The molecule has 2 heterocycles. The Bertz CT molecular complexity index is 986. The molecule has 0 saturated carbocycles. The molecule has 142 valence electrons. The molecule has 0 radical (unpaired) electrons. The second kappa shape index (κ2) is 7.98. The van der Waals surface area contributed by atoms with Crippen molar-refractivity contribution < 1.29 is 9.59 Å². The Labute approximate surface area is 171 Å². The monoisotopic (exact) mass is 438 g/mol. The first kappa shape index (κ1) is 18.4. The molecular formula is C21H19BrN4O2. The third-order valence-corrected chi connectivity index (χ3v) is 5.48. The van der Waals surface area contributed by atoms with Crippen LogP contribution in [0.4, 0.5) is 5.69 Å². The average Bonchev–Trinajstić information content (AvgIpc) is 3.37. The number of halogens is 1. The van der Waals surface area contributed by atoms with Crippen LogP contribution in [0.25, 0.3) is 5.69 Å². The van der Waals surface area contributed by atoms with Gasteiger partial charge in [-0.25, -0.2) is 4.68 Å². The number of hydrogen-bond donors (Lipinski definition) is 1. The number of nitrogens with zero attached hydrogens (tertiary/aromatic N) is 3. The minimum atomic E-state index is -0.344. The lowest BCUT2D eigenvalue weighted by Crippen LogP contribution is -2.32. The lowest BCUT2D eigenvalue weighted by Gasteiger charge is -2.18. The van der Waals surface area contributed by atoms with Gasteiger partial charge in [0, 0.05) is 36.4 Å². The fraction of sp³-hybridized carbons (Fsp3) is 0.190. The van der Waals surface area contributed by atoms with Crippen LogP contribution in [0.5, 0.6) is 0 Å². The molecule has 1 unspecified atom stereocenters. The van der Waals surface area contributed by atoms with Gasteiger partial charge in [-0.3, -0.25) is 9.59 Å². The summed E-state index contributed by atoms with van der Waals surface area (Å²) in [6, 6.07) is 17.3. The maximum atomic E-state index is 12.6. The molecular weight excluding hydrogens is 420 g/mol. The van der Waals surface area contributed by atoms with Gasteiger partial charge in [-0.05, 0) is 51.8 Å². The molecule has 0 aliphatic carbocycles. The summed E-state index contributed by atoms with van der Waals surface area (Å²) in [4.78, 5) is 26.6. The van der Waals surface area contributed by atoms with E-state index in [1.54, 1.807) is 15.8 Å². The van der Waals surface area contributed by atoms with Crippen molar-refractivity contribution in [1.82, 2.24) is 15.1 Å². The van der Waals surface area contributed by atoms with Gasteiger partial charge in [-0.1, -0.05) is 24.3 Å². The zero-order chi connectivity index (χ0) is 19.5. The second-order valence-corrected chi connectivity index (χ2v) is 7.55. The van der Waals surface area contributed by atoms with Gasteiger partial charge in [0.05, 0.1) is 17.3 Å². The Kier molecular flexibility index (Phi) is 5.25. The van der Waals surface area contributed by atoms with Crippen LogP contribution in [0.3, 0.4) is 0 Å². The van der Waals surface area contributed by atoms with Gasteiger partial charge in [-0.15, -0.1) is 0 Å². The number of aromatic nitrogens is 2. The Morgan fingerprint density at radius 1 is 1.14 bits per heavy atom. The minimum Gasteiger partial charge on any atom is -0.352 e. The van der Waals surface area contributed by atoms with Crippen LogP contribution in [0.1, 0.15) is 12.0 Å². The standard InChI is InChI=1S/C21H19BrN4O2/c22-18-4-1-2-5-19(18)25-14-16(12-20(25)27)21(28)23-13-15-6-8-17(9-7-15)26-11-3-10-24-26/h1-11,16H,12-14H2,(H,23,28). The summed E-state index contributed by atoms with van der Waals surface area (Å²) in [7, 11) is 0. The number of para-hydroxylation sites is 1. The number of rotatable bonds is 5. The molecule has 28 heavy (non-hydrogen) atoms. The molecule has 1 N–H and O–H groups in total. The molecule has 7 heteroatoms. The van der Waals surface area contributed by atoms with Crippen molar-refractivity contribution in [1.29, 1.82) is 0 Å². The molecule has 2 amide bonds. The van der Waals surface area contributed by atoms with Crippen molar-refractivity contribution in [3.63, 3.8) is 0 Å². The summed E-state index contributed by atoms with van der Waals surface area (Å²) in [5.74, 6) is -0.474. The molecule has 4 rings (SSSR count). The summed E-state index contributed by atoms with van der Waals surface area (Å²) < 4.78 is 2.63. The maximum absolute atomic E-state index is 12.6. The highest BCUT2D eigenvalue weighted by molar-refractivity contribution is 9.10. The number of carbonyl (C=O) groups excluding carboxylic acids is 2. The first-order valence-corrected chi connectivity index (χ1v) is 9.82. The number of hydrogen-bond acceptors (Lipinski definition) is 3. The van der Waals surface area contributed by atoms with Gasteiger partial charge < -0.3 is 10.2 Å². The van der Waals surface area contributed by atoms with E-state index in [9.17, 15) is 9.59 Å². The van der Waals surface area contributed by atoms with Crippen LogP contribution in [-0.2, 0) is 16.1 Å². The minimum absolute atomic E-state index is 0.0318. The lowest BCUT2D eigenvalue weighted by molar-refractivity contribution is -0.126. The van der Waals surface area contributed by atoms with Crippen LogP contribution >= 0.6 is 15.9 Å². The first-order valence-electron chi connectivity index (χ1n) is 9.03. The molecule has 6 nitrogen and oxygen atoms in total. The van der Waals surface area contributed by atoms with E-state index in [1.807, 2.05) is 60.8 Å². The molecule has 3 aromatic rings. The summed E-state index contributed by atoms with van der Waals surface area (Å²) in [6.07, 6.45) is 3.84. The molecule has 2 aromatic carbocycles. The normalized spacial score (nSPS) is 16.4. The smallest absolute Gasteiger partial charge is 0.227 e. The van der Waals surface area contributed by atoms with Crippen molar-refractivity contribution in [2.75, 3.05) is 11.4 Å². The topological polar surface area (TPSA) is 67.2 Å². The zero-order valence-corrected chi connectivity index (χ0v) is 16.7. The number of carbonyl (C=O) groups is 2. The summed E-state index contributed by atoms with van der Waals surface area (Å²) >= 11 is 3.47. The van der Waals surface area contributed by atoms with Gasteiger partial charge in [0.2, 0.25) is 11.8 Å². The van der Waals surface area contributed by atoms with E-state index < -0.39 is 0 Å². The predicted octanol–water partition coefficient (Wildman–Crippen LogP) is 3.30. The van der Waals surface area contributed by atoms with Gasteiger partial charge in [0.15, 0.2) is 0 Å². The first-order chi connectivity index (χ1) is 13.6. The predicted molar refractivity (Wildman–Crippen MR) is 110 cm³/mol. The third-order valence-electron chi connectivity index (χ3n) is 4.81. The molecule has 1 aromatic heterocycles. The number of anilines is 1. The Morgan fingerprint density at radius 3 is 2.64 bits per heavy atom. The Balaban J connectivity index is 1.35. The van der Waals surface area contributed by atoms with Gasteiger partial charge in [0.1, 0.15) is 0 Å². The fourth-order valence-corrected chi connectivity index (χ4v) is 3.81. The van der Waals surface area contributed by atoms with Crippen LogP contribution in [0.2, 0.25) is 0 Å². The van der Waals surface area contributed by atoms with Gasteiger partial charge in [0.25, 0.3) is 0 Å². The summed E-state index contributed by atoms with van der Waals surface area (Å²) in [6.45, 7) is 0.823. The van der Waals surface area contributed by atoms with E-state index >= 15 is 0 Å². The van der Waals surface area contributed by atoms with Crippen LogP contribution in [-0.4, -0.2) is 28.1 Å². The molecule has 1 atom stereocenters. The summed E-state index contributed by atoms with van der Waals surface area (Å²) in [5.41, 5.74) is 2.76. The van der Waals surface area contributed by atoms with Crippen molar-refractivity contribution >= 4 is 33.4 Å². The number of amides is 2. The number of nitrogens with one attached hydrogen (secondary N) is 1. The summed E-state index contributed by atoms with van der Waals surface area (Å²) in [5, 5.41) is 7.15. The fourth-order valence-electron chi connectivity index (χ4n) is 3.31. The Hall–Kier alpha value is -2.93. The molecule has 1 aliphatic rings. The average molecular weight is 439 g/mol. The maximum Gasteiger partial charge on any atom is 0.227 e. The van der Waals surface area contributed by atoms with Crippen LogP contribution < -0.4 is 10.2 Å². The molecule has 1 saturated heterocycles. The van der Waals surface area contributed by atoms with Crippen molar-refractivity contribution in [2.45, 2.75) is 13.0 Å². The van der Waals surface area contributed by atoms with Crippen molar-refractivity contribution in [3.05, 3.63) is 77.0 Å². The van der Waals surface area contributed by atoms with E-state index in [4.69, 9.17) is 0 Å². The Morgan fingerprint density at radius 2 is 1.93 bits per heavy atom. The van der Waals surface area contributed by atoms with Crippen molar-refractivity contribution in [2.24, 2.45) is 5.92 Å². The largest absolute Gasteiger partial charge is 0.352 e. The quantitative estimate of drug-likeness (QED) is 0.664. The highest BCUT2D eigenvalue weighted by Gasteiger charge is 2.35. The SMILES string of the molecule is O=C(NCc1ccc(-n2cccn2)cc1)C1CC(=O)N(c2ccccc2Br)C1. The number of benzene rings is 2. The molecule has 1 fully saturated rings. The highest BCUT2D eigenvalue weighted by Crippen LogP contribution is 2.31. The van der Waals surface area contributed by atoms with Crippen molar-refractivity contribution in [3.8, 4) is 5.69 Å². The molecule has 0 spiro atoms. The van der Waals surface area contributed by atoms with E-state index in [0.29, 0.717) is 13.1 Å². The van der Waals surface area contributed by atoms with E-state index in [1.165, 1.54) is 0 Å². The highest BCUT2D eigenvalue weighted by atomic mass is 79.9. The molecule has 1 aliphatic heterocycles. The zero-order valence-electron chi connectivity index (χ0n) is 15.1. The van der Waals surface area contributed by atoms with E-state index in [2.05, 4.69) is 26.3 Å². The second-order valence-electron chi connectivity index (χ2n) is 6.69. The van der Waals surface area contributed by atoms with Crippen LogP contribution in [0.15, 0.2) is 71.5 Å². The van der Waals surface area contributed by atoms with E-state index in [0.717, 1.165) is 21.4 Å².